The predicted octanol–water partition coefficient (Wildman–Crippen LogP) is 2.89. The number of nitrogens with one attached hydrogen (secondary N) is 1. The number of carbonyl (C=O) groups excluding carboxylic acids is 1. The molecule has 0 bridgehead atoms. The molecule has 0 aliphatic heterocycles. The zero-order chi connectivity index (χ0) is 12.7. The van der Waals surface area contributed by atoms with E-state index in [-0.39, 0.29) is 12.0 Å². The number of esters is 1. The molecule has 3 nitrogen and oxygen atoms in total. The summed E-state index contributed by atoms with van der Waals surface area (Å²) in [6.07, 6.45) is 8.51. The lowest BCUT2D eigenvalue weighted by molar-refractivity contribution is -0.143. The molecule has 0 radical (unpaired) electrons. The first kappa shape index (κ1) is 14.5. The van der Waals surface area contributed by atoms with Crippen LogP contribution in [0.15, 0.2) is 0 Å². The van der Waals surface area contributed by atoms with Gasteiger partial charge in [-0.1, -0.05) is 39.5 Å². The zero-order valence-corrected chi connectivity index (χ0v) is 11.5. The molecule has 0 amide bonds. The molecule has 1 unspecified atom stereocenters. The van der Waals surface area contributed by atoms with E-state index in [0.717, 1.165) is 6.42 Å². The second kappa shape index (κ2) is 7.70. The Hall–Kier alpha value is -0.570. The van der Waals surface area contributed by atoms with Crippen LogP contribution in [0.2, 0.25) is 0 Å². The third-order valence-corrected chi connectivity index (χ3v) is 3.48. The molecule has 1 N–H and O–H groups in total. The quantitative estimate of drug-likeness (QED) is 0.594. The predicted molar refractivity (Wildman–Crippen MR) is 69.9 cm³/mol. The van der Waals surface area contributed by atoms with Crippen LogP contribution in [0.25, 0.3) is 0 Å². The number of methoxy groups -OCH3 is 1. The first-order chi connectivity index (χ1) is 8.13. The van der Waals surface area contributed by atoms with E-state index >= 15 is 0 Å². The van der Waals surface area contributed by atoms with Crippen LogP contribution in [0, 0.1) is 5.92 Å². The summed E-state index contributed by atoms with van der Waals surface area (Å²) in [6.45, 7) is 4.29. The van der Waals surface area contributed by atoms with Crippen molar-refractivity contribution in [3.05, 3.63) is 0 Å². The molecule has 0 heterocycles. The maximum absolute atomic E-state index is 11.7. The summed E-state index contributed by atoms with van der Waals surface area (Å²) in [4.78, 5) is 11.7. The Morgan fingerprint density at radius 1 is 1.24 bits per heavy atom. The highest BCUT2D eigenvalue weighted by Gasteiger charge is 2.24. The maximum Gasteiger partial charge on any atom is 0.322 e. The monoisotopic (exact) mass is 241 g/mol. The Balaban J connectivity index is 2.48. The third kappa shape index (κ3) is 5.53. The summed E-state index contributed by atoms with van der Waals surface area (Å²) in [7, 11) is 1.48. The highest BCUT2D eigenvalue weighted by molar-refractivity contribution is 5.75. The first-order valence-electron chi connectivity index (χ1n) is 6.97. The summed E-state index contributed by atoms with van der Waals surface area (Å²) in [6, 6.07) is 0.378. The van der Waals surface area contributed by atoms with Gasteiger partial charge < -0.3 is 10.1 Å². The Bertz CT molecular complexity index is 220. The highest BCUT2D eigenvalue weighted by Crippen LogP contribution is 2.19. The molecule has 1 atom stereocenters. The smallest absolute Gasteiger partial charge is 0.322 e. The molecule has 17 heavy (non-hydrogen) atoms. The topological polar surface area (TPSA) is 38.3 Å². The highest BCUT2D eigenvalue weighted by atomic mass is 16.5. The zero-order valence-electron chi connectivity index (χ0n) is 11.5. The maximum atomic E-state index is 11.7. The van der Waals surface area contributed by atoms with Gasteiger partial charge in [-0.3, -0.25) is 4.79 Å². The normalized spacial score (nSPS) is 20.0. The van der Waals surface area contributed by atoms with Gasteiger partial charge in [0.2, 0.25) is 0 Å². The fourth-order valence-corrected chi connectivity index (χ4v) is 2.58. The van der Waals surface area contributed by atoms with Gasteiger partial charge in [-0.15, -0.1) is 0 Å². The summed E-state index contributed by atoms with van der Waals surface area (Å²) >= 11 is 0. The summed E-state index contributed by atoms with van der Waals surface area (Å²) in [5, 5.41) is 3.50. The van der Waals surface area contributed by atoms with Crippen molar-refractivity contribution in [2.75, 3.05) is 7.11 Å². The SMILES string of the molecule is COC(=O)C(CC(C)C)NC1CCCCCC1. The average molecular weight is 241 g/mol. The molecular weight excluding hydrogens is 214 g/mol. The third-order valence-electron chi connectivity index (χ3n) is 3.48. The number of hydrogen-bond acceptors (Lipinski definition) is 3. The molecule has 0 aromatic heterocycles. The van der Waals surface area contributed by atoms with Crippen molar-refractivity contribution in [2.24, 2.45) is 5.92 Å². The van der Waals surface area contributed by atoms with Crippen molar-refractivity contribution < 1.29 is 9.53 Å². The number of carbonyl (C=O) groups is 1. The van der Waals surface area contributed by atoms with Crippen LogP contribution in [0.4, 0.5) is 0 Å². The van der Waals surface area contributed by atoms with Gasteiger partial charge in [-0.25, -0.2) is 0 Å². The van der Waals surface area contributed by atoms with Crippen LogP contribution < -0.4 is 5.32 Å². The van der Waals surface area contributed by atoms with Crippen LogP contribution in [0.5, 0.6) is 0 Å². The summed E-state index contributed by atoms with van der Waals surface area (Å²) in [5.41, 5.74) is 0. The summed E-state index contributed by atoms with van der Waals surface area (Å²) < 4.78 is 4.88. The van der Waals surface area contributed by atoms with Crippen molar-refractivity contribution in [2.45, 2.75) is 70.9 Å². The van der Waals surface area contributed by atoms with Crippen LogP contribution >= 0.6 is 0 Å². The van der Waals surface area contributed by atoms with Gasteiger partial charge in [0.1, 0.15) is 6.04 Å². The lowest BCUT2D eigenvalue weighted by atomic mass is 10.0. The second-order valence-electron chi connectivity index (χ2n) is 5.56. The van der Waals surface area contributed by atoms with Gasteiger partial charge in [0.05, 0.1) is 7.11 Å². The average Bonchev–Trinajstić information content (AvgIpc) is 2.55. The van der Waals surface area contributed by atoms with E-state index in [1.807, 2.05) is 0 Å². The van der Waals surface area contributed by atoms with Gasteiger partial charge in [0, 0.05) is 6.04 Å². The molecule has 3 heteroatoms. The fraction of sp³-hybridized carbons (Fsp3) is 0.929. The molecule has 1 saturated carbocycles. The van der Waals surface area contributed by atoms with Crippen molar-refractivity contribution >= 4 is 5.97 Å². The van der Waals surface area contributed by atoms with Crippen molar-refractivity contribution in [3.63, 3.8) is 0 Å². The largest absolute Gasteiger partial charge is 0.468 e. The van der Waals surface area contributed by atoms with Crippen LogP contribution in [-0.2, 0) is 9.53 Å². The molecule has 1 rings (SSSR count). The number of ether oxygens (including phenoxy) is 1. The van der Waals surface area contributed by atoms with Crippen LogP contribution in [-0.4, -0.2) is 25.2 Å². The molecule has 1 aliphatic carbocycles. The molecule has 0 aromatic rings. The summed E-state index contributed by atoms with van der Waals surface area (Å²) in [5.74, 6) is 0.403. The molecule has 0 aromatic carbocycles. The van der Waals surface area contributed by atoms with Crippen molar-refractivity contribution in [1.82, 2.24) is 5.32 Å². The van der Waals surface area contributed by atoms with Crippen LogP contribution in [0.1, 0.15) is 58.8 Å². The minimum Gasteiger partial charge on any atom is -0.468 e. The van der Waals surface area contributed by atoms with Gasteiger partial charge in [-0.05, 0) is 25.2 Å². The Morgan fingerprint density at radius 3 is 2.29 bits per heavy atom. The second-order valence-corrected chi connectivity index (χ2v) is 5.56. The van der Waals surface area contributed by atoms with E-state index in [1.54, 1.807) is 0 Å². The lowest BCUT2D eigenvalue weighted by Crippen LogP contribution is -2.44. The van der Waals surface area contributed by atoms with E-state index in [9.17, 15) is 4.79 Å². The molecule has 0 spiro atoms. The van der Waals surface area contributed by atoms with E-state index in [0.29, 0.717) is 12.0 Å². The Kier molecular flexibility index (Phi) is 6.56. The Labute approximate surface area is 105 Å². The van der Waals surface area contributed by atoms with Crippen molar-refractivity contribution in [1.29, 1.82) is 0 Å². The lowest BCUT2D eigenvalue weighted by Gasteiger charge is -2.24. The van der Waals surface area contributed by atoms with Gasteiger partial charge in [-0.2, -0.15) is 0 Å². The molecular formula is C14H27NO2. The van der Waals surface area contributed by atoms with E-state index in [1.165, 1.54) is 45.6 Å². The molecule has 0 saturated heterocycles. The minimum atomic E-state index is -0.122. The van der Waals surface area contributed by atoms with E-state index in [4.69, 9.17) is 4.74 Å². The number of rotatable bonds is 5. The van der Waals surface area contributed by atoms with Crippen LogP contribution in [0.3, 0.4) is 0 Å². The fourth-order valence-electron chi connectivity index (χ4n) is 2.58. The standard InChI is InChI=1S/C14H27NO2/c1-11(2)10-13(14(16)17-3)15-12-8-6-4-5-7-9-12/h11-13,15H,4-10H2,1-3H3. The molecule has 1 fully saturated rings. The molecule has 100 valence electrons. The van der Waals surface area contributed by atoms with Gasteiger partial charge in [0.15, 0.2) is 0 Å². The van der Waals surface area contributed by atoms with Gasteiger partial charge >= 0.3 is 5.97 Å². The Morgan fingerprint density at radius 2 is 1.82 bits per heavy atom. The van der Waals surface area contributed by atoms with E-state index < -0.39 is 0 Å². The van der Waals surface area contributed by atoms with Gasteiger partial charge in [0.25, 0.3) is 0 Å². The number of hydrogen-bond donors (Lipinski definition) is 1. The van der Waals surface area contributed by atoms with Crippen molar-refractivity contribution in [3.8, 4) is 0 Å². The molecule has 1 aliphatic rings. The minimum absolute atomic E-state index is 0.108. The van der Waals surface area contributed by atoms with E-state index in [2.05, 4.69) is 19.2 Å². The first-order valence-corrected chi connectivity index (χ1v) is 6.97.